The minimum atomic E-state index is -0.427. The molecule has 0 aliphatic rings. The number of halogens is 1. The molecule has 0 aliphatic carbocycles. The molecule has 0 aliphatic heterocycles. The first-order chi connectivity index (χ1) is 8.68. The number of benzene rings is 2. The molecule has 88 valence electrons. The van der Waals surface area contributed by atoms with Crippen molar-refractivity contribution < 1.29 is 4.92 Å². The number of rotatable bonds is 1. The molecule has 0 aromatic heterocycles. The van der Waals surface area contributed by atoms with Crippen molar-refractivity contribution in [3.05, 3.63) is 74.2 Å². The van der Waals surface area contributed by atoms with Crippen LogP contribution in [0.2, 0.25) is 0 Å². The standard InChI is InChI=1S/C14H8BrNO2/c15-13-7-3-1-5-11(13)9-10-12-6-2-4-8-14(12)16(17)18/h1-8H. The van der Waals surface area contributed by atoms with E-state index in [1.54, 1.807) is 18.2 Å². The lowest BCUT2D eigenvalue weighted by molar-refractivity contribution is -0.385. The van der Waals surface area contributed by atoms with E-state index in [1.807, 2.05) is 24.3 Å². The third kappa shape index (κ3) is 2.76. The Balaban J connectivity index is 2.42. The van der Waals surface area contributed by atoms with E-state index in [0.717, 1.165) is 10.0 Å². The van der Waals surface area contributed by atoms with Gasteiger partial charge in [0.2, 0.25) is 0 Å². The lowest BCUT2D eigenvalue weighted by Crippen LogP contribution is -1.91. The zero-order chi connectivity index (χ0) is 13.0. The highest BCUT2D eigenvalue weighted by atomic mass is 79.9. The van der Waals surface area contributed by atoms with E-state index in [0.29, 0.717) is 5.56 Å². The molecular weight excluding hydrogens is 294 g/mol. The summed E-state index contributed by atoms with van der Waals surface area (Å²) < 4.78 is 0.871. The monoisotopic (exact) mass is 301 g/mol. The molecule has 2 aromatic carbocycles. The first kappa shape index (κ1) is 12.3. The average molecular weight is 302 g/mol. The van der Waals surface area contributed by atoms with Crippen LogP contribution in [0.25, 0.3) is 0 Å². The molecule has 0 radical (unpaired) electrons. The summed E-state index contributed by atoms with van der Waals surface area (Å²) in [6, 6.07) is 13.9. The molecule has 0 saturated heterocycles. The van der Waals surface area contributed by atoms with Gasteiger partial charge in [-0.05, 0) is 34.1 Å². The highest BCUT2D eigenvalue weighted by Crippen LogP contribution is 2.18. The molecule has 0 amide bonds. The number of nitrogens with zero attached hydrogens (tertiary/aromatic N) is 1. The summed E-state index contributed by atoms with van der Waals surface area (Å²) in [5.74, 6) is 5.75. The predicted octanol–water partition coefficient (Wildman–Crippen LogP) is 3.76. The van der Waals surface area contributed by atoms with Gasteiger partial charge >= 0.3 is 0 Å². The van der Waals surface area contributed by atoms with Gasteiger partial charge in [-0.25, -0.2) is 0 Å². The molecule has 4 heteroatoms. The Morgan fingerprint density at radius 3 is 2.17 bits per heavy atom. The third-order valence-electron chi connectivity index (χ3n) is 2.31. The Morgan fingerprint density at radius 1 is 0.944 bits per heavy atom. The smallest absolute Gasteiger partial charge is 0.258 e. The zero-order valence-electron chi connectivity index (χ0n) is 9.26. The van der Waals surface area contributed by atoms with Crippen molar-refractivity contribution in [1.82, 2.24) is 0 Å². The van der Waals surface area contributed by atoms with Crippen molar-refractivity contribution in [1.29, 1.82) is 0 Å². The maximum absolute atomic E-state index is 10.8. The van der Waals surface area contributed by atoms with Gasteiger partial charge in [-0.2, -0.15) is 0 Å². The second-order valence-corrected chi connectivity index (χ2v) is 4.36. The fourth-order valence-corrected chi connectivity index (χ4v) is 1.82. The van der Waals surface area contributed by atoms with Crippen LogP contribution in [0.3, 0.4) is 0 Å². The fourth-order valence-electron chi connectivity index (χ4n) is 1.44. The fraction of sp³-hybridized carbons (Fsp3) is 0. The largest absolute Gasteiger partial charge is 0.284 e. The Morgan fingerprint density at radius 2 is 1.50 bits per heavy atom. The van der Waals surface area contributed by atoms with Gasteiger partial charge in [0.15, 0.2) is 0 Å². The number of nitro benzene ring substituents is 1. The molecule has 0 atom stereocenters. The van der Waals surface area contributed by atoms with Crippen LogP contribution in [-0.2, 0) is 0 Å². The molecule has 0 heterocycles. The second kappa shape index (κ2) is 5.48. The summed E-state index contributed by atoms with van der Waals surface area (Å²) in [4.78, 5) is 10.4. The van der Waals surface area contributed by atoms with Gasteiger partial charge < -0.3 is 0 Å². The molecular formula is C14H8BrNO2. The van der Waals surface area contributed by atoms with Gasteiger partial charge in [0, 0.05) is 16.1 Å². The van der Waals surface area contributed by atoms with Gasteiger partial charge in [-0.3, -0.25) is 10.1 Å². The maximum atomic E-state index is 10.8. The van der Waals surface area contributed by atoms with Gasteiger partial charge in [-0.1, -0.05) is 36.1 Å². The van der Waals surface area contributed by atoms with Crippen molar-refractivity contribution in [2.24, 2.45) is 0 Å². The zero-order valence-corrected chi connectivity index (χ0v) is 10.8. The van der Waals surface area contributed by atoms with E-state index in [2.05, 4.69) is 27.8 Å². The number of nitro groups is 1. The third-order valence-corrected chi connectivity index (χ3v) is 3.00. The molecule has 2 aromatic rings. The van der Waals surface area contributed by atoms with E-state index in [4.69, 9.17) is 0 Å². The number of para-hydroxylation sites is 1. The summed E-state index contributed by atoms with van der Waals surface area (Å²) in [5, 5.41) is 10.8. The van der Waals surface area contributed by atoms with Crippen molar-refractivity contribution >= 4 is 21.6 Å². The molecule has 0 N–H and O–H groups in total. The second-order valence-electron chi connectivity index (χ2n) is 3.50. The average Bonchev–Trinajstić information content (AvgIpc) is 2.38. The van der Waals surface area contributed by atoms with Gasteiger partial charge in [0.25, 0.3) is 5.69 Å². The van der Waals surface area contributed by atoms with E-state index < -0.39 is 4.92 Å². The quantitative estimate of drug-likeness (QED) is 0.457. The van der Waals surface area contributed by atoms with Gasteiger partial charge in [-0.15, -0.1) is 0 Å². The minimum Gasteiger partial charge on any atom is -0.258 e. The molecule has 18 heavy (non-hydrogen) atoms. The van der Waals surface area contributed by atoms with Gasteiger partial charge in [0.1, 0.15) is 5.56 Å². The summed E-state index contributed by atoms with van der Waals surface area (Å²) in [7, 11) is 0. The van der Waals surface area contributed by atoms with Crippen LogP contribution in [0.1, 0.15) is 11.1 Å². The van der Waals surface area contributed by atoms with E-state index in [1.165, 1.54) is 6.07 Å². The summed E-state index contributed by atoms with van der Waals surface area (Å²) >= 11 is 3.38. The van der Waals surface area contributed by atoms with E-state index in [-0.39, 0.29) is 5.69 Å². The van der Waals surface area contributed by atoms with Crippen LogP contribution in [0.4, 0.5) is 5.69 Å². The predicted molar refractivity (Wildman–Crippen MR) is 73.2 cm³/mol. The van der Waals surface area contributed by atoms with E-state index in [9.17, 15) is 10.1 Å². The molecule has 0 fully saturated rings. The molecule has 3 nitrogen and oxygen atoms in total. The molecule has 0 spiro atoms. The van der Waals surface area contributed by atoms with Crippen LogP contribution in [0.15, 0.2) is 53.0 Å². The molecule has 0 unspecified atom stereocenters. The SMILES string of the molecule is O=[N+]([O-])c1ccccc1C#Cc1ccccc1Br. The summed E-state index contributed by atoms with van der Waals surface area (Å²) in [6.45, 7) is 0. The summed E-state index contributed by atoms with van der Waals surface area (Å²) in [5.41, 5.74) is 1.24. The topological polar surface area (TPSA) is 43.1 Å². The Hall–Kier alpha value is -2.12. The van der Waals surface area contributed by atoms with Crippen LogP contribution < -0.4 is 0 Å². The number of hydrogen-bond donors (Lipinski definition) is 0. The number of hydrogen-bond acceptors (Lipinski definition) is 2. The summed E-state index contributed by atoms with van der Waals surface area (Å²) in [6.07, 6.45) is 0. The Labute approximate surface area is 113 Å². The highest BCUT2D eigenvalue weighted by molar-refractivity contribution is 9.10. The highest BCUT2D eigenvalue weighted by Gasteiger charge is 2.09. The first-order valence-corrected chi connectivity index (χ1v) is 5.98. The molecule has 2 rings (SSSR count). The van der Waals surface area contributed by atoms with Crippen LogP contribution in [0, 0.1) is 22.0 Å². The normalized spacial score (nSPS) is 9.39. The minimum absolute atomic E-state index is 0.0250. The molecule has 0 bridgehead atoms. The van der Waals surface area contributed by atoms with Gasteiger partial charge in [0.05, 0.1) is 4.92 Å². The van der Waals surface area contributed by atoms with Crippen molar-refractivity contribution in [2.75, 3.05) is 0 Å². The molecule has 0 saturated carbocycles. The lowest BCUT2D eigenvalue weighted by Gasteiger charge is -1.95. The van der Waals surface area contributed by atoms with Crippen LogP contribution >= 0.6 is 15.9 Å². The Kier molecular flexibility index (Phi) is 3.75. The van der Waals surface area contributed by atoms with Crippen LogP contribution in [-0.4, -0.2) is 4.92 Å². The van der Waals surface area contributed by atoms with Crippen LogP contribution in [0.5, 0.6) is 0 Å². The van der Waals surface area contributed by atoms with Crippen molar-refractivity contribution in [3.63, 3.8) is 0 Å². The van der Waals surface area contributed by atoms with Crippen molar-refractivity contribution in [3.8, 4) is 11.8 Å². The Bertz CT molecular complexity index is 656. The van der Waals surface area contributed by atoms with E-state index >= 15 is 0 Å². The van der Waals surface area contributed by atoms with Crippen molar-refractivity contribution in [2.45, 2.75) is 0 Å². The maximum Gasteiger partial charge on any atom is 0.284 e. The lowest BCUT2D eigenvalue weighted by atomic mass is 10.1. The first-order valence-electron chi connectivity index (χ1n) is 5.18.